The van der Waals surface area contributed by atoms with Crippen molar-refractivity contribution in [2.45, 2.75) is 12.5 Å². The van der Waals surface area contributed by atoms with Gasteiger partial charge in [-0.15, -0.1) is 11.3 Å². The summed E-state index contributed by atoms with van der Waals surface area (Å²) in [6, 6.07) is 17.9. The van der Waals surface area contributed by atoms with Gasteiger partial charge in [0.25, 0.3) is 0 Å². The Bertz CT molecular complexity index is 1120. The lowest BCUT2D eigenvalue weighted by molar-refractivity contribution is 0.296. The van der Waals surface area contributed by atoms with Crippen molar-refractivity contribution in [2.24, 2.45) is 0 Å². The van der Waals surface area contributed by atoms with Gasteiger partial charge in [-0.05, 0) is 53.9 Å². The van der Waals surface area contributed by atoms with Crippen LogP contribution in [0.3, 0.4) is 0 Å². The number of hydrogen-bond donors (Lipinski definition) is 0. The smallest absolute Gasteiger partial charge is 0.140 e. The number of nitrogens with zero attached hydrogens (tertiary/aromatic N) is 3. The topological polar surface area (TPSA) is 29.0 Å². The minimum absolute atomic E-state index is 0.133. The molecule has 0 saturated heterocycles. The van der Waals surface area contributed by atoms with Crippen molar-refractivity contribution in [3.05, 3.63) is 82.6 Å². The molecule has 27 heavy (non-hydrogen) atoms. The van der Waals surface area contributed by atoms with Gasteiger partial charge < -0.3 is 4.90 Å². The summed E-state index contributed by atoms with van der Waals surface area (Å²) in [6.07, 6.45) is 1.69. The summed E-state index contributed by atoms with van der Waals surface area (Å²) in [5.41, 5.74) is 4.59. The zero-order chi connectivity index (χ0) is 18.4. The highest BCUT2D eigenvalue weighted by Gasteiger charge is 2.27. The minimum atomic E-state index is -0.133. The minimum Gasteiger partial charge on any atom is -0.301 e. The fraction of sp³-hybridized carbons (Fsp3) is 0.182. The zero-order valence-corrected chi connectivity index (χ0v) is 15.7. The van der Waals surface area contributed by atoms with Crippen LogP contribution in [0.4, 0.5) is 4.39 Å². The zero-order valence-electron chi connectivity index (χ0n) is 14.9. The van der Waals surface area contributed by atoms with Crippen molar-refractivity contribution in [3.63, 3.8) is 0 Å². The van der Waals surface area contributed by atoms with Gasteiger partial charge in [0.2, 0.25) is 0 Å². The molecule has 0 aliphatic carbocycles. The molecule has 5 rings (SSSR count). The van der Waals surface area contributed by atoms with E-state index in [0.717, 1.165) is 34.4 Å². The predicted molar refractivity (Wildman–Crippen MR) is 107 cm³/mol. The lowest BCUT2D eigenvalue weighted by atomic mass is 9.87. The molecule has 2 aromatic heterocycles. The van der Waals surface area contributed by atoms with Crippen LogP contribution in [0.15, 0.2) is 60.8 Å². The summed E-state index contributed by atoms with van der Waals surface area (Å²) >= 11 is 1.57. The van der Waals surface area contributed by atoms with Gasteiger partial charge in [0.1, 0.15) is 5.82 Å². The van der Waals surface area contributed by atoms with Crippen molar-refractivity contribution in [2.75, 3.05) is 13.6 Å². The molecule has 0 fully saturated rings. The Labute approximate surface area is 161 Å². The summed E-state index contributed by atoms with van der Waals surface area (Å²) in [5, 5.41) is 9.21. The second kappa shape index (κ2) is 6.51. The van der Waals surface area contributed by atoms with Crippen LogP contribution in [0.25, 0.3) is 21.3 Å². The maximum Gasteiger partial charge on any atom is 0.140 e. The summed E-state index contributed by atoms with van der Waals surface area (Å²) in [5.74, 6) is 0.123. The lowest BCUT2D eigenvalue weighted by Crippen LogP contribution is -2.30. The van der Waals surface area contributed by atoms with E-state index in [4.69, 9.17) is 0 Å². The average molecular weight is 375 g/mol. The number of rotatable bonds is 2. The van der Waals surface area contributed by atoms with Crippen LogP contribution in [0.1, 0.15) is 21.9 Å². The molecule has 3 heterocycles. The van der Waals surface area contributed by atoms with Gasteiger partial charge in [0.15, 0.2) is 0 Å². The number of benzene rings is 2. The number of aromatic nitrogens is 2. The Morgan fingerprint density at radius 1 is 1.11 bits per heavy atom. The molecule has 134 valence electrons. The molecule has 1 aliphatic heterocycles. The Hall–Kier alpha value is -2.63. The van der Waals surface area contributed by atoms with Gasteiger partial charge in [-0.1, -0.05) is 24.3 Å². The molecular weight excluding hydrogens is 357 g/mol. The standard InChI is InChI=1S/C22H18FN3S/c1-26-12-16-10-14(20-6-3-9-24-25-20)7-8-17(16)18(13-26)21-11-15-4-2-5-19(23)22(15)27-21/h2-11,18H,12-13H2,1H3. The van der Waals surface area contributed by atoms with Crippen LogP contribution in [-0.2, 0) is 6.54 Å². The quantitative estimate of drug-likeness (QED) is 0.489. The van der Waals surface area contributed by atoms with E-state index >= 15 is 0 Å². The molecule has 0 bridgehead atoms. The normalized spacial score (nSPS) is 17.2. The van der Waals surface area contributed by atoms with Crippen molar-refractivity contribution in [1.29, 1.82) is 0 Å². The Kier molecular flexibility index (Phi) is 3.99. The molecule has 0 spiro atoms. The van der Waals surface area contributed by atoms with Gasteiger partial charge in [0.05, 0.1) is 10.4 Å². The van der Waals surface area contributed by atoms with Crippen LogP contribution >= 0.6 is 11.3 Å². The molecule has 0 N–H and O–H groups in total. The largest absolute Gasteiger partial charge is 0.301 e. The van der Waals surface area contributed by atoms with Gasteiger partial charge in [-0.2, -0.15) is 10.2 Å². The summed E-state index contributed by atoms with van der Waals surface area (Å²) in [4.78, 5) is 3.55. The second-order valence-electron chi connectivity index (χ2n) is 7.08. The maximum atomic E-state index is 14.2. The molecule has 0 saturated carbocycles. The monoisotopic (exact) mass is 375 g/mol. The molecule has 0 amide bonds. The van der Waals surface area contributed by atoms with Crippen molar-refractivity contribution >= 4 is 21.4 Å². The van der Waals surface area contributed by atoms with Crippen LogP contribution < -0.4 is 0 Å². The Morgan fingerprint density at radius 3 is 2.85 bits per heavy atom. The summed E-state index contributed by atoms with van der Waals surface area (Å²) in [6.45, 7) is 1.84. The first-order valence-corrected chi connectivity index (χ1v) is 9.78. The highest BCUT2D eigenvalue weighted by Crippen LogP contribution is 2.40. The first kappa shape index (κ1) is 16.5. The number of halogens is 1. The van der Waals surface area contributed by atoms with Crippen LogP contribution in [-0.4, -0.2) is 28.7 Å². The van der Waals surface area contributed by atoms with E-state index in [1.807, 2.05) is 18.2 Å². The third kappa shape index (κ3) is 2.93. The fourth-order valence-electron chi connectivity index (χ4n) is 3.93. The number of thiophene rings is 1. The molecule has 2 aromatic carbocycles. The molecule has 5 heteroatoms. The summed E-state index contributed by atoms with van der Waals surface area (Å²) < 4.78 is 14.9. The van der Waals surface area contributed by atoms with E-state index in [0.29, 0.717) is 0 Å². The van der Waals surface area contributed by atoms with Gasteiger partial charge in [0, 0.05) is 35.6 Å². The van der Waals surface area contributed by atoms with Crippen LogP contribution in [0, 0.1) is 5.82 Å². The van der Waals surface area contributed by atoms with E-state index in [1.54, 1.807) is 23.6 Å². The predicted octanol–water partition coefficient (Wildman–Crippen LogP) is 5.07. The summed E-state index contributed by atoms with van der Waals surface area (Å²) in [7, 11) is 2.14. The molecule has 1 aliphatic rings. The number of fused-ring (bicyclic) bond motifs is 2. The van der Waals surface area contributed by atoms with Gasteiger partial charge in [-0.25, -0.2) is 4.39 Å². The average Bonchev–Trinajstić information content (AvgIpc) is 3.13. The van der Waals surface area contributed by atoms with E-state index in [9.17, 15) is 4.39 Å². The molecular formula is C22H18FN3S. The fourth-order valence-corrected chi connectivity index (χ4v) is 5.10. The third-order valence-corrected chi connectivity index (χ3v) is 6.45. The first-order chi connectivity index (χ1) is 13.2. The van der Waals surface area contributed by atoms with E-state index in [2.05, 4.69) is 46.4 Å². The van der Waals surface area contributed by atoms with Gasteiger partial charge >= 0.3 is 0 Å². The molecule has 3 nitrogen and oxygen atoms in total. The SMILES string of the molecule is CN1Cc2cc(-c3cccnn3)ccc2C(c2cc3cccc(F)c3s2)C1. The maximum absolute atomic E-state index is 14.2. The van der Waals surface area contributed by atoms with Gasteiger partial charge in [-0.3, -0.25) is 0 Å². The Balaban J connectivity index is 1.60. The third-order valence-electron chi connectivity index (χ3n) is 5.18. The molecule has 0 radical (unpaired) electrons. The second-order valence-corrected chi connectivity index (χ2v) is 8.16. The van der Waals surface area contributed by atoms with Crippen molar-refractivity contribution < 1.29 is 4.39 Å². The lowest BCUT2D eigenvalue weighted by Gasteiger charge is -2.32. The van der Waals surface area contributed by atoms with Crippen LogP contribution in [0.5, 0.6) is 0 Å². The molecule has 1 atom stereocenters. The Morgan fingerprint density at radius 2 is 2.04 bits per heavy atom. The first-order valence-electron chi connectivity index (χ1n) is 8.96. The van der Waals surface area contributed by atoms with Crippen molar-refractivity contribution in [1.82, 2.24) is 15.1 Å². The highest BCUT2D eigenvalue weighted by molar-refractivity contribution is 7.19. The molecule has 1 unspecified atom stereocenters. The van der Waals surface area contributed by atoms with Crippen LogP contribution in [0.2, 0.25) is 0 Å². The number of likely N-dealkylation sites (N-methyl/N-ethyl adjacent to an activating group) is 1. The van der Waals surface area contributed by atoms with E-state index in [-0.39, 0.29) is 11.7 Å². The number of hydrogen-bond acceptors (Lipinski definition) is 4. The van der Waals surface area contributed by atoms with E-state index in [1.165, 1.54) is 22.1 Å². The van der Waals surface area contributed by atoms with E-state index < -0.39 is 0 Å². The molecule has 4 aromatic rings. The highest BCUT2D eigenvalue weighted by atomic mass is 32.1. The van der Waals surface area contributed by atoms with Crippen molar-refractivity contribution in [3.8, 4) is 11.3 Å².